The van der Waals surface area contributed by atoms with Gasteiger partial charge in [0.1, 0.15) is 11.4 Å². The first kappa shape index (κ1) is 16.5. The molecule has 1 saturated carbocycles. The van der Waals surface area contributed by atoms with Gasteiger partial charge in [-0.3, -0.25) is 0 Å². The molecule has 0 saturated heterocycles. The Labute approximate surface area is 132 Å². The summed E-state index contributed by atoms with van der Waals surface area (Å²) in [6.07, 6.45) is 2.91. The van der Waals surface area contributed by atoms with Crippen molar-refractivity contribution in [3.05, 3.63) is 24.3 Å². The number of phenolic OH excluding ortho intramolecular Hbond substituents is 1. The van der Waals surface area contributed by atoms with Crippen molar-refractivity contribution in [2.45, 2.75) is 51.7 Å². The third-order valence-corrected chi connectivity index (χ3v) is 3.76. The molecule has 0 heterocycles. The molecule has 2 atom stereocenters. The number of phenols is 1. The molecule has 22 heavy (non-hydrogen) atoms. The molecular formula is C17H26N2O3. The minimum Gasteiger partial charge on any atom is -0.508 e. The molecule has 1 aliphatic rings. The summed E-state index contributed by atoms with van der Waals surface area (Å²) in [6.45, 7) is 6.17. The van der Waals surface area contributed by atoms with Crippen LogP contribution in [0.15, 0.2) is 24.3 Å². The fourth-order valence-electron chi connectivity index (χ4n) is 2.81. The van der Waals surface area contributed by atoms with Gasteiger partial charge < -0.3 is 20.5 Å². The Morgan fingerprint density at radius 1 is 1.36 bits per heavy atom. The zero-order valence-corrected chi connectivity index (χ0v) is 13.6. The summed E-state index contributed by atoms with van der Waals surface area (Å²) in [6, 6.07) is 7.44. The van der Waals surface area contributed by atoms with Crippen LogP contribution >= 0.6 is 0 Å². The molecule has 1 aromatic rings. The van der Waals surface area contributed by atoms with Crippen LogP contribution in [0.5, 0.6) is 5.75 Å². The van der Waals surface area contributed by atoms with E-state index in [2.05, 4.69) is 10.6 Å². The Balaban J connectivity index is 1.84. The minimum atomic E-state index is -0.473. The van der Waals surface area contributed by atoms with E-state index in [4.69, 9.17) is 4.74 Å². The standard InChI is InChI=1S/C17H26N2O3/c1-17(2,3)22-16(21)18-11-12-6-4-9-15(12)19-13-7-5-8-14(20)10-13/h5,7-8,10,12,15,19-20H,4,6,9,11H2,1-3H3,(H,18,21). The molecule has 0 spiro atoms. The van der Waals surface area contributed by atoms with Gasteiger partial charge in [-0.15, -0.1) is 0 Å². The quantitative estimate of drug-likeness (QED) is 0.796. The number of hydrogen-bond acceptors (Lipinski definition) is 4. The predicted octanol–water partition coefficient (Wildman–Crippen LogP) is 3.50. The van der Waals surface area contributed by atoms with Crippen molar-refractivity contribution in [3.8, 4) is 5.75 Å². The number of amides is 1. The smallest absolute Gasteiger partial charge is 0.407 e. The Morgan fingerprint density at radius 3 is 2.82 bits per heavy atom. The molecule has 0 bridgehead atoms. The van der Waals surface area contributed by atoms with Gasteiger partial charge in [-0.25, -0.2) is 4.79 Å². The van der Waals surface area contributed by atoms with Crippen LogP contribution in [0, 0.1) is 5.92 Å². The first-order chi connectivity index (χ1) is 10.3. The monoisotopic (exact) mass is 306 g/mol. The molecule has 2 unspecified atom stereocenters. The number of rotatable bonds is 4. The van der Waals surface area contributed by atoms with Gasteiger partial charge in [-0.05, 0) is 51.7 Å². The maximum atomic E-state index is 11.7. The first-order valence-electron chi connectivity index (χ1n) is 7.86. The molecule has 1 aromatic carbocycles. The maximum absolute atomic E-state index is 11.7. The third-order valence-electron chi connectivity index (χ3n) is 3.76. The van der Waals surface area contributed by atoms with Crippen LogP contribution in [0.2, 0.25) is 0 Å². The number of anilines is 1. The van der Waals surface area contributed by atoms with Crippen molar-refractivity contribution in [3.63, 3.8) is 0 Å². The molecule has 122 valence electrons. The van der Waals surface area contributed by atoms with Crippen LogP contribution in [0.1, 0.15) is 40.0 Å². The molecule has 5 nitrogen and oxygen atoms in total. The number of aromatic hydroxyl groups is 1. The van der Waals surface area contributed by atoms with E-state index in [1.165, 1.54) is 0 Å². The fraction of sp³-hybridized carbons (Fsp3) is 0.588. The Bertz CT molecular complexity index is 511. The van der Waals surface area contributed by atoms with Gasteiger partial charge in [0.05, 0.1) is 0 Å². The summed E-state index contributed by atoms with van der Waals surface area (Å²) in [7, 11) is 0. The molecule has 1 amide bonds. The molecule has 5 heteroatoms. The van der Waals surface area contributed by atoms with Crippen LogP contribution in [0.4, 0.5) is 10.5 Å². The third kappa shape index (κ3) is 5.13. The number of ether oxygens (including phenoxy) is 1. The van der Waals surface area contributed by atoms with Crippen molar-refractivity contribution in [1.29, 1.82) is 0 Å². The number of hydrogen-bond donors (Lipinski definition) is 3. The molecule has 0 radical (unpaired) electrons. The van der Waals surface area contributed by atoms with Gasteiger partial charge in [-0.1, -0.05) is 12.5 Å². The van der Waals surface area contributed by atoms with Gasteiger partial charge in [0, 0.05) is 24.3 Å². The Kier molecular flexibility index (Phi) is 5.16. The lowest BCUT2D eigenvalue weighted by Gasteiger charge is -2.24. The van der Waals surface area contributed by atoms with Crippen molar-refractivity contribution < 1.29 is 14.6 Å². The molecule has 0 aliphatic heterocycles. The first-order valence-corrected chi connectivity index (χ1v) is 7.86. The normalized spacial score (nSPS) is 21.4. The number of nitrogens with one attached hydrogen (secondary N) is 2. The van der Waals surface area contributed by atoms with Gasteiger partial charge in [0.2, 0.25) is 0 Å². The van der Waals surface area contributed by atoms with E-state index in [9.17, 15) is 9.90 Å². The molecule has 2 rings (SSSR count). The average molecular weight is 306 g/mol. The molecule has 1 aliphatic carbocycles. The minimum absolute atomic E-state index is 0.256. The van der Waals surface area contributed by atoms with Crippen molar-refractivity contribution in [2.24, 2.45) is 5.92 Å². The number of carbonyl (C=O) groups excluding carboxylic acids is 1. The zero-order chi connectivity index (χ0) is 16.2. The second-order valence-electron chi connectivity index (χ2n) is 6.87. The van der Waals surface area contributed by atoms with Gasteiger partial charge in [-0.2, -0.15) is 0 Å². The lowest BCUT2D eigenvalue weighted by atomic mass is 10.0. The van der Waals surface area contributed by atoms with Crippen LogP contribution < -0.4 is 10.6 Å². The second kappa shape index (κ2) is 6.90. The van der Waals surface area contributed by atoms with Gasteiger partial charge >= 0.3 is 6.09 Å². The summed E-state index contributed by atoms with van der Waals surface area (Å²) >= 11 is 0. The van der Waals surface area contributed by atoms with E-state index < -0.39 is 5.60 Å². The molecular weight excluding hydrogens is 280 g/mol. The number of carbonyl (C=O) groups is 1. The van der Waals surface area contributed by atoms with Gasteiger partial charge in [0.25, 0.3) is 0 Å². The largest absolute Gasteiger partial charge is 0.508 e. The van der Waals surface area contributed by atoms with Crippen molar-refractivity contribution >= 4 is 11.8 Å². The Hall–Kier alpha value is -1.91. The van der Waals surface area contributed by atoms with E-state index in [0.29, 0.717) is 18.5 Å². The molecule has 1 fully saturated rings. The highest BCUT2D eigenvalue weighted by Gasteiger charge is 2.28. The second-order valence-corrected chi connectivity index (χ2v) is 6.87. The Morgan fingerprint density at radius 2 is 2.14 bits per heavy atom. The van der Waals surface area contributed by atoms with Crippen LogP contribution in [-0.2, 0) is 4.74 Å². The van der Waals surface area contributed by atoms with Gasteiger partial charge in [0.15, 0.2) is 0 Å². The summed E-state index contributed by atoms with van der Waals surface area (Å²) in [5.74, 6) is 0.626. The van der Waals surface area contributed by atoms with E-state index in [-0.39, 0.29) is 11.8 Å². The van der Waals surface area contributed by atoms with E-state index in [0.717, 1.165) is 24.9 Å². The fourth-order valence-corrected chi connectivity index (χ4v) is 2.81. The number of alkyl carbamates (subject to hydrolysis) is 1. The maximum Gasteiger partial charge on any atom is 0.407 e. The summed E-state index contributed by atoms with van der Waals surface area (Å²) in [5, 5.41) is 15.8. The van der Waals surface area contributed by atoms with Crippen molar-refractivity contribution in [2.75, 3.05) is 11.9 Å². The molecule has 0 aromatic heterocycles. The number of benzene rings is 1. The summed E-state index contributed by atoms with van der Waals surface area (Å²) in [5.41, 5.74) is 0.438. The summed E-state index contributed by atoms with van der Waals surface area (Å²) < 4.78 is 5.26. The van der Waals surface area contributed by atoms with E-state index in [1.807, 2.05) is 32.9 Å². The summed E-state index contributed by atoms with van der Waals surface area (Å²) in [4.78, 5) is 11.7. The zero-order valence-electron chi connectivity index (χ0n) is 13.6. The highest BCUT2D eigenvalue weighted by Crippen LogP contribution is 2.29. The van der Waals surface area contributed by atoms with Crippen LogP contribution in [0.3, 0.4) is 0 Å². The highest BCUT2D eigenvalue weighted by atomic mass is 16.6. The van der Waals surface area contributed by atoms with Crippen LogP contribution in [-0.4, -0.2) is 29.4 Å². The SMILES string of the molecule is CC(C)(C)OC(=O)NCC1CCCC1Nc1cccc(O)c1. The van der Waals surface area contributed by atoms with E-state index in [1.54, 1.807) is 12.1 Å². The van der Waals surface area contributed by atoms with Crippen LogP contribution in [0.25, 0.3) is 0 Å². The highest BCUT2D eigenvalue weighted by molar-refractivity contribution is 5.67. The topological polar surface area (TPSA) is 70.6 Å². The lowest BCUT2D eigenvalue weighted by molar-refractivity contribution is 0.0519. The lowest BCUT2D eigenvalue weighted by Crippen LogP contribution is -2.38. The molecule has 3 N–H and O–H groups in total. The van der Waals surface area contributed by atoms with Crippen molar-refractivity contribution in [1.82, 2.24) is 5.32 Å². The average Bonchev–Trinajstić information content (AvgIpc) is 2.82. The van der Waals surface area contributed by atoms with E-state index >= 15 is 0 Å². The predicted molar refractivity (Wildman–Crippen MR) is 87.1 cm³/mol.